The summed E-state index contributed by atoms with van der Waals surface area (Å²) in [4.78, 5) is 27.8. The van der Waals surface area contributed by atoms with E-state index >= 15 is 0 Å². The second-order valence-corrected chi connectivity index (χ2v) is 9.13. The van der Waals surface area contributed by atoms with Crippen molar-refractivity contribution in [3.05, 3.63) is 30.2 Å². The summed E-state index contributed by atoms with van der Waals surface area (Å²) in [7, 11) is 1.54. The van der Waals surface area contributed by atoms with Crippen LogP contribution in [0.5, 0.6) is 5.88 Å². The van der Waals surface area contributed by atoms with Gasteiger partial charge in [-0.3, -0.25) is 5.32 Å². The third-order valence-corrected chi connectivity index (χ3v) is 7.26. The fourth-order valence-corrected chi connectivity index (χ4v) is 5.43. The Morgan fingerprint density at radius 1 is 1.34 bits per heavy atom. The molecule has 0 radical (unpaired) electrons. The van der Waals surface area contributed by atoms with Crippen molar-refractivity contribution in [2.45, 2.75) is 19.3 Å². The Kier molecular flexibility index (Phi) is 5.36. The third kappa shape index (κ3) is 3.74. The third-order valence-electron chi connectivity index (χ3n) is 6.26. The predicted molar refractivity (Wildman–Crippen MR) is 120 cm³/mol. The molecule has 0 unspecified atom stereocenters. The lowest BCUT2D eigenvalue weighted by molar-refractivity contribution is 0.0211. The maximum atomic E-state index is 13.0. The number of carbonyl (C=O) groups is 1. The number of thiazole rings is 1. The molecule has 2 amide bonds. The molecule has 5 rings (SSSR count). The van der Waals surface area contributed by atoms with E-state index in [-0.39, 0.29) is 11.4 Å². The van der Waals surface area contributed by atoms with Crippen LogP contribution >= 0.6 is 11.3 Å². The summed E-state index contributed by atoms with van der Waals surface area (Å²) >= 11 is 1.36. The van der Waals surface area contributed by atoms with Crippen LogP contribution in [0, 0.1) is 16.7 Å². The predicted octanol–water partition coefficient (Wildman–Crippen LogP) is 3.67. The van der Waals surface area contributed by atoms with Gasteiger partial charge in [0.2, 0.25) is 5.88 Å². The average molecular weight is 451 g/mol. The molecule has 2 saturated heterocycles. The van der Waals surface area contributed by atoms with E-state index < -0.39 is 0 Å². The van der Waals surface area contributed by atoms with Crippen molar-refractivity contribution < 1.29 is 14.3 Å². The average Bonchev–Trinajstić information content (AvgIpc) is 3.43. The number of likely N-dealkylation sites (tertiary alicyclic amines) is 1. The number of amides is 2. The summed E-state index contributed by atoms with van der Waals surface area (Å²) < 4.78 is 11.7. The fourth-order valence-electron chi connectivity index (χ4n) is 4.45. The zero-order valence-corrected chi connectivity index (χ0v) is 18.4. The lowest BCUT2D eigenvalue weighted by Gasteiger charge is -2.33. The highest BCUT2D eigenvalue weighted by Crippen LogP contribution is 2.41. The Morgan fingerprint density at radius 2 is 2.19 bits per heavy atom. The van der Waals surface area contributed by atoms with E-state index in [0.717, 1.165) is 61.4 Å². The molecular weight excluding hydrogens is 428 g/mol. The molecule has 164 valence electrons. The fraction of sp³-hybridized carbons (Fsp3) is 0.409. The van der Waals surface area contributed by atoms with E-state index in [1.54, 1.807) is 18.5 Å². The summed E-state index contributed by atoms with van der Waals surface area (Å²) in [6, 6.07) is 5.44. The van der Waals surface area contributed by atoms with Crippen molar-refractivity contribution in [1.82, 2.24) is 19.9 Å². The van der Waals surface area contributed by atoms with Crippen molar-refractivity contribution in [1.29, 1.82) is 5.26 Å². The number of nitrogens with one attached hydrogen (secondary N) is 1. The lowest BCUT2D eigenvalue weighted by Crippen LogP contribution is -2.37. The van der Waals surface area contributed by atoms with Gasteiger partial charge in [0.1, 0.15) is 17.3 Å². The van der Waals surface area contributed by atoms with E-state index in [9.17, 15) is 10.1 Å². The number of rotatable bonds is 3. The van der Waals surface area contributed by atoms with Crippen LogP contribution in [0.4, 0.5) is 9.93 Å². The van der Waals surface area contributed by atoms with Crippen molar-refractivity contribution >= 4 is 32.7 Å². The number of hydrogen-bond acceptors (Lipinski definition) is 8. The summed E-state index contributed by atoms with van der Waals surface area (Å²) in [5, 5.41) is 12.6. The smallest absolute Gasteiger partial charge is 0.323 e. The topological polar surface area (TPSA) is 113 Å². The molecule has 32 heavy (non-hydrogen) atoms. The minimum atomic E-state index is -0.142. The first-order chi connectivity index (χ1) is 15.6. The van der Waals surface area contributed by atoms with E-state index in [1.807, 2.05) is 11.0 Å². The van der Waals surface area contributed by atoms with Gasteiger partial charge in [-0.1, -0.05) is 11.3 Å². The monoisotopic (exact) mass is 450 g/mol. The number of urea groups is 1. The van der Waals surface area contributed by atoms with Crippen LogP contribution in [0.15, 0.2) is 24.5 Å². The second-order valence-electron chi connectivity index (χ2n) is 8.13. The van der Waals surface area contributed by atoms with Crippen LogP contribution in [-0.4, -0.2) is 59.3 Å². The molecular formula is C22H22N6O3S. The molecule has 2 aliphatic heterocycles. The van der Waals surface area contributed by atoms with Crippen LogP contribution in [-0.2, 0) is 4.74 Å². The van der Waals surface area contributed by atoms with Gasteiger partial charge >= 0.3 is 6.03 Å². The number of anilines is 1. The molecule has 0 aliphatic carbocycles. The zero-order valence-electron chi connectivity index (χ0n) is 17.6. The van der Waals surface area contributed by atoms with Crippen LogP contribution < -0.4 is 10.1 Å². The van der Waals surface area contributed by atoms with E-state index in [0.29, 0.717) is 22.2 Å². The number of carbonyl (C=O) groups excluding carboxylic acids is 1. The number of nitriles is 1. The molecule has 2 fully saturated rings. The molecule has 9 nitrogen and oxygen atoms in total. The Hall–Kier alpha value is -3.29. The van der Waals surface area contributed by atoms with Crippen LogP contribution in [0.25, 0.3) is 21.3 Å². The number of nitrogens with zero attached hydrogens (tertiary/aromatic N) is 5. The summed E-state index contributed by atoms with van der Waals surface area (Å²) in [6.07, 6.45) is 6.29. The van der Waals surface area contributed by atoms with Gasteiger partial charge in [-0.05, 0) is 42.4 Å². The zero-order chi connectivity index (χ0) is 22.1. The van der Waals surface area contributed by atoms with Crippen molar-refractivity contribution in [2.24, 2.45) is 5.41 Å². The maximum absolute atomic E-state index is 13.0. The largest absolute Gasteiger partial charge is 0.479 e. The first-order valence-corrected chi connectivity index (χ1v) is 11.3. The second kappa shape index (κ2) is 8.33. The first-order valence-electron chi connectivity index (χ1n) is 10.4. The molecule has 0 atom stereocenters. The minimum Gasteiger partial charge on any atom is -0.479 e. The number of fused-ring (bicyclic) bond motifs is 1. The molecule has 3 aromatic rings. The Bertz CT molecular complexity index is 1210. The van der Waals surface area contributed by atoms with Gasteiger partial charge in [0.05, 0.1) is 11.8 Å². The maximum Gasteiger partial charge on any atom is 0.323 e. The summed E-state index contributed by atoms with van der Waals surface area (Å²) in [6.45, 7) is 3.02. The molecule has 0 aromatic carbocycles. The Balaban J connectivity index is 1.42. The number of ether oxygens (including phenoxy) is 2. The minimum absolute atomic E-state index is 0.142. The van der Waals surface area contributed by atoms with Gasteiger partial charge in [-0.25, -0.2) is 19.7 Å². The molecule has 1 spiro atoms. The van der Waals surface area contributed by atoms with Crippen molar-refractivity contribution in [2.75, 3.05) is 38.7 Å². The van der Waals surface area contributed by atoms with E-state index in [4.69, 9.17) is 9.47 Å². The van der Waals surface area contributed by atoms with Crippen LogP contribution in [0.2, 0.25) is 0 Å². The van der Waals surface area contributed by atoms with Crippen LogP contribution in [0.3, 0.4) is 0 Å². The van der Waals surface area contributed by atoms with Gasteiger partial charge in [0.25, 0.3) is 0 Å². The highest BCUT2D eigenvalue weighted by atomic mass is 32.1. The standard InChI is InChI=1S/C22H22N6O3S/c1-30-19-17-18(16(12-25-19)14-2-6-24-15(10-14)11-23)32-20(26-17)27-21(29)28-7-3-22(13-28)4-8-31-9-5-22/h2,6,10,12H,3-5,7-9,13H2,1H3,(H,26,27,29). The Labute approximate surface area is 189 Å². The van der Waals surface area contributed by atoms with E-state index in [2.05, 4.69) is 26.3 Å². The van der Waals surface area contributed by atoms with Crippen molar-refractivity contribution in [3.63, 3.8) is 0 Å². The van der Waals surface area contributed by atoms with Gasteiger partial charge in [0.15, 0.2) is 5.13 Å². The lowest BCUT2D eigenvalue weighted by atomic mass is 9.80. The van der Waals surface area contributed by atoms with E-state index in [1.165, 1.54) is 18.4 Å². The number of hydrogen-bond donors (Lipinski definition) is 1. The molecule has 10 heteroatoms. The van der Waals surface area contributed by atoms with Gasteiger partial charge in [-0.2, -0.15) is 5.26 Å². The highest BCUT2D eigenvalue weighted by Gasteiger charge is 2.41. The quantitative estimate of drug-likeness (QED) is 0.648. The molecule has 3 aromatic heterocycles. The molecule has 0 bridgehead atoms. The highest BCUT2D eigenvalue weighted by molar-refractivity contribution is 7.23. The van der Waals surface area contributed by atoms with Gasteiger partial charge in [-0.15, -0.1) is 0 Å². The molecule has 1 N–H and O–H groups in total. The summed E-state index contributed by atoms with van der Waals surface area (Å²) in [5.74, 6) is 0.386. The SMILES string of the molecule is COc1ncc(-c2ccnc(C#N)c2)c2sc(NC(=O)N3CCC4(CCOCC4)C3)nc12. The summed E-state index contributed by atoms with van der Waals surface area (Å²) in [5.41, 5.74) is 2.69. The number of pyridine rings is 2. The normalized spacial score (nSPS) is 17.4. The molecule has 2 aliphatic rings. The Morgan fingerprint density at radius 3 is 2.97 bits per heavy atom. The van der Waals surface area contributed by atoms with Gasteiger partial charge in [0, 0.05) is 44.3 Å². The van der Waals surface area contributed by atoms with Crippen LogP contribution in [0.1, 0.15) is 25.0 Å². The molecule has 0 saturated carbocycles. The first kappa shape index (κ1) is 20.6. The van der Waals surface area contributed by atoms with Gasteiger partial charge < -0.3 is 14.4 Å². The number of aromatic nitrogens is 3. The number of methoxy groups -OCH3 is 1. The molecule has 5 heterocycles. The van der Waals surface area contributed by atoms with Crippen molar-refractivity contribution in [3.8, 4) is 23.1 Å².